The van der Waals surface area contributed by atoms with Gasteiger partial charge >= 0.3 is 5.97 Å². The van der Waals surface area contributed by atoms with Gasteiger partial charge in [-0.15, -0.1) is 0 Å². The number of para-hydroxylation sites is 1. The zero-order valence-electron chi connectivity index (χ0n) is 16.7. The third-order valence-electron chi connectivity index (χ3n) is 5.25. The van der Waals surface area contributed by atoms with Gasteiger partial charge in [0, 0.05) is 24.4 Å². The molecule has 1 aliphatic carbocycles. The first kappa shape index (κ1) is 18.9. The number of esters is 1. The van der Waals surface area contributed by atoms with Crippen LogP contribution < -0.4 is 4.84 Å². The maximum Gasteiger partial charge on any atom is 0.374 e. The van der Waals surface area contributed by atoms with Crippen LogP contribution in [0, 0.1) is 5.41 Å². The van der Waals surface area contributed by atoms with Crippen LogP contribution in [0.5, 0.6) is 5.75 Å². The molecule has 1 aromatic heterocycles. The summed E-state index contributed by atoms with van der Waals surface area (Å²) in [6, 6.07) is 17.5. The molecule has 4 rings (SSSR count). The third-order valence-corrected chi connectivity index (χ3v) is 5.25. The van der Waals surface area contributed by atoms with Gasteiger partial charge in [0.05, 0.1) is 18.9 Å². The number of carbonyl (C=O) groups is 1. The quantitative estimate of drug-likeness (QED) is 0.488. The van der Waals surface area contributed by atoms with Crippen LogP contribution in [0.3, 0.4) is 0 Å². The first-order chi connectivity index (χ1) is 14.0. The maximum absolute atomic E-state index is 12.2. The number of methoxy groups -OCH3 is 1. The summed E-state index contributed by atoms with van der Waals surface area (Å²) >= 11 is 0. The molecule has 0 fully saturated rings. The minimum absolute atomic E-state index is 0.0917. The van der Waals surface area contributed by atoms with Gasteiger partial charge in [0.1, 0.15) is 0 Å². The summed E-state index contributed by atoms with van der Waals surface area (Å²) in [5, 5.41) is 4.48. The smallest absolute Gasteiger partial charge is 0.374 e. The molecule has 1 unspecified atom stereocenters. The lowest BCUT2D eigenvalue weighted by Crippen LogP contribution is -2.37. The van der Waals surface area contributed by atoms with Crippen molar-refractivity contribution in [3.8, 4) is 5.75 Å². The van der Waals surface area contributed by atoms with E-state index < -0.39 is 5.97 Å². The van der Waals surface area contributed by atoms with E-state index in [1.807, 2.05) is 59.3 Å². The van der Waals surface area contributed by atoms with E-state index in [2.05, 4.69) is 30.1 Å². The van der Waals surface area contributed by atoms with E-state index in [0.717, 1.165) is 16.8 Å². The van der Waals surface area contributed by atoms with E-state index >= 15 is 0 Å². The molecular formula is C23H23N3O3. The topological polar surface area (TPSA) is 65.7 Å². The SMILES string of the molecule is COC(=O)c1nccn1C1c2ccccc2/C(=N\Oc2ccccc2)CC1(C)C. The summed E-state index contributed by atoms with van der Waals surface area (Å²) in [4.78, 5) is 22.2. The Kier molecular flexibility index (Phi) is 4.92. The van der Waals surface area contributed by atoms with Gasteiger partial charge in [-0.1, -0.05) is 61.5 Å². The highest BCUT2D eigenvalue weighted by Gasteiger charge is 2.41. The Labute approximate surface area is 169 Å². The van der Waals surface area contributed by atoms with E-state index in [0.29, 0.717) is 18.0 Å². The Bertz CT molecular complexity index is 1050. The van der Waals surface area contributed by atoms with Crippen molar-refractivity contribution in [2.75, 3.05) is 7.11 Å². The van der Waals surface area contributed by atoms with Crippen LogP contribution in [0.25, 0.3) is 0 Å². The second kappa shape index (κ2) is 7.54. The average Bonchev–Trinajstić information content (AvgIpc) is 3.20. The second-order valence-corrected chi connectivity index (χ2v) is 7.75. The molecule has 0 aliphatic heterocycles. The van der Waals surface area contributed by atoms with Crippen molar-refractivity contribution in [1.29, 1.82) is 0 Å². The van der Waals surface area contributed by atoms with Crippen LogP contribution in [-0.2, 0) is 4.74 Å². The van der Waals surface area contributed by atoms with Crippen molar-refractivity contribution < 1.29 is 14.4 Å². The monoisotopic (exact) mass is 389 g/mol. The van der Waals surface area contributed by atoms with Gasteiger partial charge in [0.15, 0.2) is 5.75 Å². The Balaban J connectivity index is 1.79. The zero-order chi connectivity index (χ0) is 20.4. The van der Waals surface area contributed by atoms with Gasteiger partial charge < -0.3 is 14.1 Å². The van der Waals surface area contributed by atoms with Gasteiger partial charge in [0.25, 0.3) is 0 Å². The predicted octanol–water partition coefficient (Wildman–Crippen LogP) is 4.47. The third kappa shape index (κ3) is 3.53. The molecule has 1 atom stereocenters. The summed E-state index contributed by atoms with van der Waals surface area (Å²) in [7, 11) is 1.37. The van der Waals surface area contributed by atoms with Gasteiger partial charge in [-0.25, -0.2) is 9.78 Å². The number of hydrogen-bond acceptors (Lipinski definition) is 5. The number of oxime groups is 1. The van der Waals surface area contributed by atoms with Gasteiger partial charge in [0.2, 0.25) is 5.82 Å². The van der Waals surface area contributed by atoms with Crippen molar-refractivity contribution in [3.63, 3.8) is 0 Å². The van der Waals surface area contributed by atoms with E-state index in [1.54, 1.807) is 6.20 Å². The Morgan fingerprint density at radius 3 is 2.62 bits per heavy atom. The largest absolute Gasteiger partial charge is 0.463 e. The predicted molar refractivity (Wildman–Crippen MR) is 110 cm³/mol. The number of imidazole rings is 1. The van der Waals surface area contributed by atoms with E-state index in [9.17, 15) is 4.79 Å². The minimum Gasteiger partial charge on any atom is -0.463 e. The van der Waals surface area contributed by atoms with Gasteiger partial charge in [-0.05, 0) is 23.1 Å². The molecule has 0 radical (unpaired) electrons. The van der Waals surface area contributed by atoms with Crippen LogP contribution in [0.15, 0.2) is 72.1 Å². The van der Waals surface area contributed by atoms with Crippen molar-refractivity contribution >= 4 is 11.7 Å². The Hall–Kier alpha value is -3.41. The van der Waals surface area contributed by atoms with Crippen molar-refractivity contribution in [2.24, 2.45) is 10.6 Å². The lowest BCUT2D eigenvalue weighted by Gasteiger charge is -2.41. The van der Waals surface area contributed by atoms with Crippen LogP contribution in [-0.4, -0.2) is 28.3 Å². The molecule has 0 bridgehead atoms. The highest BCUT2D eigenvalue weighted by molar-refractivity contribution is 6.03. The first-order valence-corrected chi connectivity index (χ1v) is 9.50. The van der Waals surface area contributed by atoms with Crippen molar-refractivity contribution in [1.82, 2.24) is 9.55 Å². The average molecular weight is 389 g/mol. The number of carbonyl (C=O) groups excluding carboxylic acids is 1. The maximum atomic E-state index is 12.2. The van der Waals surface area contributed by atoms with E-state index in [4.69, 9.17) is 9.57 Å². The fourth-order valence-corrected chi connectivity index (χ4v) is 4.01. The van der Waals surface area contributed by atoms with Crippen LogP contribution in [0.4, 0.5) is 0 Å². The summed E-state index contributed by atoms with van der Waals surface area (Å²) in [5.74, 6) is 0.538. The second-order valence-electron chi connectivity index (χ2n) is 7.75. The van der Waals surface area contributed by atoms with Gasteiger partial charge in [-0.2, -0.15) is 0 Å². The number of nitrogens with zero attached hydrogens (tertiary/aromatic N) is 3. The van der Waals surface area contributed by atoms with Crippen molar-refractivity contribution in [2.45, 2.75) is 26.3 Å². The van der Waals surface area contributed by atoms with Crippen LogP contribution >= 0.6 is 0 Å². The standard InChI is InChI=1S/C23H23N3O3/c1-23(2)15-19(25-29-16-9-5-4-6-10-16)17-11-7-8-12-18(17)20(23)26-14-13-24-21(26)22(27)28-3/h4-14,20H,15H2,1-3H3/b25-19-. The van der Waals surface area contributed by atoms with Crippen LogP contribution in [0.2, 0.25) is 0 Å². The first-order valence-electron chi connectivity index (χ1n) is 9.50. The molecule has 0 spiro atoms. The minimum atomic E-state index is -0.449. The molecule has 0 N–H and O–H groups in total. The highest BCUT2D eigenvalue weighted by Crippen LogP contribution is 2.46. The van der Waals surface area contributed by atoms with E-state index in [1.165, 1.54) is 7.11 Å². The number of benzene rings is 2. The summed E-state index contributed by atoms with van der Waals surface area (Å²) in [5.41, 5.74) is 2.72. The Morgan fingerprint density at radius 2 is 1.86 bits per heavy atom. The molecule has 1 heterocycles. The molecule has 0 saturated heterocycles. The number of hydrogen-bond donors (Lipinski definition) is 0. The molecule has 29 heavy (non-hydrogen) atoms. The lowest BCUT2D eigenvalue weighted by atomic mass is 9.69. The van der Waals surface area contributed by atoms with Crippen molar-refractivity contribution in [3.05, 3.63) is 83.9 Å². The molecule has 6 nitrogen and oxygen atoms in total. The zero-order valence-corrected chi connectivity index (χ0v) is 16.7. The molecular weight excluding hydrogens is 366 g/mol. The fourth-order valence-electron chi connectivity index (χ4n) is 4.01. The normalized spacial score (nSPS) is 18.9. The molecule has 0 amide bonds. The summed E-state index contributed by atoms with van der Waals surface area (Å²) in [6.45, 7) is 4.32. The molecule has 6 heteroatoms. The van der Waals surface area contributed by atoms with E-state index in [-0.39, 0.29) is 11.5 Å². The molecule has 148 valence electrons. The van der Waals surface area contributed by atoms with Gasteiger partial charge in [-0.3, -0.25) is 0 Å². The molecule has 1 aliphatic rings. The number of ether oxygens (including phenoxy) is 1. The Morgan fingerprint density at radius 1 is 1.14 bits per heavy atom. The molecule has 0 saturated carbocycles. The fraction of sp³-hybridized carbons (Fsp3) is 0.261. The summed E-state index contributed by atoms with van der Waals surface area (Å²) in [6.07, 6.45) is 4.14. The highest BCUT2D eigenvalue weighted by atomic mass is 16.6. The number of fused-ring (bicyclic) bond motifs is 1. The molecule has 3 aromatic rings. The summed E-state index contributed by atoms with van der Waals surface area (Å²) < 4.78 is 6.83. The molecule has 2 aromatic carbocycles. The van der Waals surface area contributed by atoms with Crippen LogP contribution in [0.1, 0.15) is 48.1 Å². The lowest BCUT2D eigenvalue weighted by molar-refractivity contribution is 0.0574. The number of rotatable bonds is 4. The number of aromatic nitrogens is 2.